The van der Waals surface area contributed by atoms with Crippen molar-refractivity contribution in [3.8, 4) is 0 Å². The summed E-state index contributed by atoms with van der Waals surface area (Å²) in [6.07, 6.45) is 0. The molecular weight excluding hydrogens is 344 g/mol. The monoisotopic (exact) mass is 360 g/mol. The van der Waals surface area contributed by atoms with Crippen LogP contribution in [0.5, 0.6) is 0 Å². The van der Waals surface area contributed by atoms with E-state index in [1.807, 2.05) is 37.3 Å². The molecule has 114 valence electrons. The van der Waals surface area contributed by atoms with Crippen molar-refractivity contribution in [2.75, 3.05) is 5.32 Å². The van der Waals surface area contributed by atoms with Crippen molar-refractivity contribution < 1.29 is 9.59 Å². The third-order valence-corrected chi connectivity index (χ3v) is 3.79. The van der Waals surface area contributed by atoms with Crippen LogP contribution in [0.3, 0.4) is 0 Å². The number of hydrogen-bond donors (Lipinski definition) is 2. The van der Waals surface area contributed by atoms with E-state index < -0.39 is 0 Å². The molecule has 0 saturated carbocycles. The lowest BCUT2D eigenvalue weighted by Gasteiger charge is -2.09. The highest BCUT2D eigenvalue weighted by Crippen LogP contribution is 2.23. The molecule has 0 aliphatic heterocycles. The van der Waals surface area contributed by atoms with Crippen molar-refractivity contribution in [3.63, 3.8) is 0 Å². The molecule has 0 atom stereocenters. The van der Waals surface area contributed by atoms with Crippen molar-refractivity contribution in [1.82, 2.24) is 5.32 Å². The van der Waals surface area contributed by atoms with Gasteiger partial charge in [0.25, 0.3) is 5.91 Å². The number of rotatable bonds is 4. The van der Waals surface area contributed by atoms with Gasteiger partial charge in [0.05, 0.1) is 5.69 Å². The van der Waals surface area contributed by atoms with Gasteiger partial charge in [-0.2, -0.15) is 0 Å². The van der Waals surface area contributed by atoms with E-state index in [1.54, 1.807) is 12.1 Å². The molecule has 0 heterocycles. The van der Waals surface area contributed by atoms with Gasteiger partial charge in [0.15, 0.2) is 0 Å². The first-order valence-electron chi connectivity index (χ1n) is 6.86. The summed E-state index contributed by atoms with van der Waals surface area (Å²) in [5, 5.41) is 5.59. The highest BCUT2D eigenvalue weighted by atomic mass is 79.9. The quantitative estimate of drug-likeness (QED) is 0.874. The Balaban J connectivity index is 2.04. The SMILES string of the molecule is CC(=O)NCc1ccc(C(=O)Nc2ccc(C)cc2Br)cc1. The molecule has 2 amide bonds. The van der Waals surface area contributed by atoms with Crippen molar-refractivity contribution >= 4 is 33.4 Å². The molecule has 0 unspecified atom stereocenters. The molecule has 0 saturated heterocycles. The van der Waals surface area contributed by atoms with Crippen LogP contribution in [0, 0.1) is 6.92 Å². The van der Waals surface area contributed by atoms with Gasteiger partial charge >= 0.3 is 0 Å². The maximum atomic E-state index is 12.2. The fraction of sp³-hybridized carbons (Fsp3) is 0.176. The van der Waals surface area contributed by atoms with Gasteiger partial charge in [0.2, 0.25) is 5.91 Å². The lowest BCUT2D eigenvalue weighted by molar-refractivity contribution is -0.119. The fourth-order valence-corrected chi connectivity index (χ4v) is 2.51. The van der Waals surface area contributed by atoms with E-state index in [0.717, 1.165) is 21.3 Å². The standard InChI is InChI=1S/C17H17BrN2O2/c1-11-3-8-16(15(18)9-11)20-17(22)14-6-4-13(5-7-14)10-19-12(2)21/h3-9H,10H2,1-2H3,(H,19,21)(H,20,22). The molecule has 0 spiro atoms. The summed E-state index contributed by atoms with van der Waals surface area (Å²) in [5.41, 5.74) is 3.37. The molecule has 0 aromatic heterocycles. The van der Waals surface area contributed by atoms with Crippen LogP contribution in [0.2, 0.25) is 0 Å². The summed E-state index contributed by atoms with van der Waals surface area (Å²) < 4.78 is 0.850. The first-order valence-corrected chi connectivity index (χ1v) is 7.66. The van der Waals surface area contributed by atoms with Gasteiger partial charge in [0.1, 0.15) is 0 Å². The lowest BCUT2D eigenvalue weighted by Crippen LogP contribution is -2.19. The summed E-state index contributed by atoms with van der Waals surface area (Å²) in [6.45, 7) is 3.92. The summed E-state index contributed by atoms with van der Waals surface area (Å²) in [6, 6.07) is 12.9. The van der Waals surface area contributed by atoms with E-state index >= 15 is 0 Å². The van der Waals surface area contributed by atoms with Gasteiger partial charge in [-0.15, -0.1) is 0 Å². The van der Waals surface area contributed by atoms with E-state index in [1.165, 1.54) is 6.92 Å². The number of nitrogens with one attached hydrogen (secondary N) is 2. The second-order valence-corrected chi connectivity index (χ2v) is 5.90. The summed E-state index contributed by atoms with van der Waals surface area (Å²) in [7, 11) is 0. The normalized spacial score (nSPS) is 10.1. The number of aryl methyl sites for hydroxylation is 1. The molecule has 22 heavy (non-hydrogen) atoms. The molecule has 0 bridgehead atoms. The summed E-state index contributed by atoms with van der Waals surface area (Å²) in [5.74, 6) is -0.248. The first-order chi connectivity index (χ1) is 10.5. The first kappa shape index (κ1) is 16.2. The molecule has 2 N–H and O–H groups in total. The zero-order valence-electron chi connectivity index (χ0n) is 12.4. The average Bonchev–Trinajstić information content (AvgIpc) is 2.48. The van der Waals surface area contributed by atoms with E-state index in [-0.39, 0.29) is 11.8 Å². The molecule has 2 aromatic rings. The number of amides is 2. The minimum absolute atomic E-state index is 0.0777. The number of halogens is 1. The van der Waals surface area contributed by atoms with Crippen LogP contribution in [-0.4, -0.2) is 11.8 Å². The fourth-order valence-electron chi connectivity index (χ4n) is 1.92. The highest BCUT2D eigenvalue weighted by molar-refractivity contribution is 9.10. The van der Waals surface area contributed by atoms with Crippen LogP contribution in [0.4, 0.5) is 5.69 Å². The van der Waals surface area contributed by atoms with Crippen molar-refractivity contribution in [2.45, 2.75) is 20.4 Å². The molecule has 5 heteroatoms. The second-order valence-electron chi connectivity index (χ2n) is 5.04. The summed E-state index contributed by atoms with van der Waals surface area (Å²) in [4.78, 5) is 23.1. The molecule has 0 fully saturated rings. The second kappa shape index (κ2) is 7.22. The van der Waals surface area contributed by atoms with Gasteiger partial charge in [-0.3, -0.25) is 9.59 Å². The molecule has 4 nitrogen and oxygen atoms in total. The molecule has 2 aromatic carbocycles. The predicted molar refractivity (Wildman–Crippen MR) is 90.8 cm³/mol. The van der Waals surface area contributed by atoms with Crippen molar-refractivity contribution in [2.24, 2.45) is 0 Å². The molecule has 2 rings (SSSR count). The van der Waals surface area contributed by atoms with Crippen molar-refractivity contribution in [3.05, 3.63) is 63.6 Å². The van der Waals surface area contributed by atoms with Crippen molar-refractivity contribution in [1.29, 1.82) is 0 Å². The van der Waals surface area contributed by atoms with Crippen LogP contribution < -0.4 is 10.6 Å². The van der Waals surface area contributed by atoms with Gasteiger partial charge < -0.3 is 10.6 Å². The summed E-state index contributed by atoms with van der Waals surface area (Å²) >= 11 is 3.44. The van der Waals surface area contributed by atoms with Crippen LogP contribution in [-0.2, 0) is 11.3 Å². The highest BCUT2D eigenvalue weighted by Gasteiger charge is 2.08. The Labute approximate surface area is 138 Å². The third kappa shape index (κ3) is 4.43. The van der Waals surface area contributed by atoms with Gasteiger partial charge in [0, 0.05) is 23.5 Å². The van der Waals surface area contributed by atoms with Crippen LogP contribution in [0.1, 0.15) is 28.4 Å². The van der Waals surface area contributed by atoms with Gasteiger partial charge in [-0.05, 0) is 58.2 Å². The number of hydrogen-bond acceptors (Lipinski definition) is 2. The average molecular weight is 361 g/mol. The molecular formula is C17H17BrN2O2. The zero-order valence-corrected chi connectivity index (χ0v) is 14.0. The molecule has 0 aliphatic rings. The number of anilines is 1. The zero-order chi connectivity index (χ0) is 16.1. The maximum Gasteiger partial charge on any atom is 0.255 e. The Bertz CT molecular complexity index is 696. The predicted octanol–water partition coefficient (Wildman–Crippen LogP) is 3.65. The van der Waals surface area contributed by atoms with Gasteiger partial charge in [-0.1, -0.05) is 18.2 Å². The van der Waals surface area contributed by atoms with E-state index in [9.17, 15) is 9.59 Å². The maximum absolute atomic E-state index is 12.2. The van der Waals surface area contributed by atoms with E-state index in [2.05, 4.69) is 26.6 Å². The van der Waals surface area contributed by atoms with E-state index in [0.29, 0.717) is 12.1 Å². The Morgan fingerprint density at radius 3 is 2.36 bits per heavy atom. The van der Waals surface area contributed by atoms with E-state index in [4.69, 9.17) is 0 Å². The van der Waals surface area contributed by atoms with Crippen LogP contribution >= 0.6 is 15.9 Å². The Morgan fingerprint density at radius 2 is 1.77 bits per heavy atom. The molecule has 0 radical (unpaired) electrons. The number of carbonyl (C=O) groups is 2. The Hall–Kier alpha value is -2.14. The van der Waals surface area contributed by atoms with Crippen LogP contribution in [0.25, 0.3) is 0 Å². The smallest absolute Gasteiger partial charge is 0.255 e. The van der Waals surface area contributed by atoms with Crippen LogP contribution in [0.15, 0.2) is 46.9 Å². The minimum Gasteiger partial charge on any atom is -0.352 e. The number of benzene rings is 2. The molecule has 0 aliphatic carbocycles. The minimum atomic E-state index is -0.171. The Kier molecular flexibility index (Phi) is 5.33. The topological polar surface area (TPSA) is 58.2 Å². The third-order valence-electron chi connectivity index (χ3n) is 3.13. The number of carbonyl (C=O) groups excluding carboxylic acids is 2. The largest absolute Gasteiger partial charge is 0.352 e. The Morgan fingerprint density at radius 1 is 1.09 bits per heavy atom. The lowest BCUT2D eigenvalue weighted by atomic mass is 10.1. The van der Waals surface area contributed by atoms with Gasteiger partial charge in [-0.25, -0.2) is 0 Å².